The van der Waals surface area contributed by atoms with Gasteiger partial charge in [0.15, 0.2) is 0 Å². The Hall–Kier alpha value is -1.69. The minimum absolute atomic E-state index is 0.00573. The van der Waals surface area contributed by atoms with Gasteiger partial charge < -0.3 is 20.6 Å². The predicted octanol–water partition coefficient (Wildman–Crippen LogP) is 7.47. The monoisotopic (exact) mass is 533 g/mol. The molecular formula is C33H59NO4. The van der Waals surface area contributed by atoms with E-state index in [-0.39, 0.29) is 18.9 Å². The van der Waals surface area contributed by atoms with Gasteiger partial charge in [0.05, 0.1) is 31.3 Å². The molecular weight excluding hydrogens is 474 g/mol. The highest BCUT2D eigenvalue weighted by Crippen LogP contribution is 2.12. The zero-order valence-corrected chi connectivity index (χ0v) is 24.5. The molecule has 0 radical (unpaired) electrons. The number of amides is 1. The maximum Gasteiger partial charge on any atom is 0.222 e. The van der Waals surface area contributed by atoms with Crippen molar-refractivity contribution in [2.75, 3.05) is 6.61 Å². The van der Waals surface area contributed by atoms with Crippen LogP contribution >= 0.6 is 0 Å². The van der Waals surface area contributed by atoms with Crippen molar-refractivity contribution in [1.82, 2.24) is 5.32 Å². The molecule has 0 saturated carbocycles. The van der Waals surface area contributed by atoms with Crippen molar-refractivity contribution in [3.63, 3.8) is 0 Å². The molecule has 0 spiro atoms. The summed E-state index contributed by atoms with van der Waals surface area (Å²) in [7, 11) is 0. The van der Waals surface area contributed by atoms with Gasteiger partial charge in [-0.3, -0.25) is 4.79 Å². The Morgan fingerprint density at radius 1 is 0.684 bits per heavy atom. The van der Waals surface area contributed by atoms with E-state index in [1.165, 1.54) is 44.9 Å². The topological polar surface area (TPSA) is 89.8 Å². The minimum Gasteiger partial charge on any atom is -0.394 e. The molecule has 0 bridgehead atoms. The number of aliphatic hydroxyl groups is 3. The van der Waals surface area contributed by atoms with Crippen LogP contribution in [-0.2, 0) is 4.79 Å². The van der Waals surface area contributed by atoms with Crippen molar-refractivity contribution < 1.29 is 20.1 Å². The van der Waals surface area contributed by atoms with E-state index in [1.807, 2.05) is 6.08 Å². The molecule has 3 unspecified atom stereocenters. The molecule has 0 saturated heterocycles. The van der Waals surface area contributed by atoms with Crippen molar-refractivity contribution in [1.29, 1.82) is 0 Å². The third-order valence-corrected chi connectivity index (χ3v) is 6.58. The predicted molar refractivity (Wildman–Crippen MR) is 162 cm³/mol. The van der Waals surface area contributed by atoms with Crippen LogP contribution in [0.1, 0.15) is 129 Å². The van der Waals surface area contributed by atoms with Gasteiger partial charge in [0.1, 0.15) is 0 Å². The molecule has 0 rings (SSSR count). The third kappa shape index (κ3) is 24.6. The Labute approximate surface area is 234 Å². The van der Waals surface area contributed by atoms with E-state index in [1.54, 1.807) is 6.08 Å². The first-order valence-electron chi connectivity index (χ1n) is 15.4. The largest absolute Gasteiger partial charge is 0.394 e. The highest BCUT2D eigenvalue weighted by atomic mass is 16.3. The number of carbonyl (C=O) groups excluding carboxylic acids is 1. The lowest BCUT2D eigenvalue weighted by molar-refractivity contribution is -0.124. The van der Waals surface area contributed by atoms with Gasteiger partial charge in [-0.25, -0.2) is 0 Å². The molecule has 0 heterocycles. The van der Waals surface area contributed by atoms with Crippen molar-refractivity contribution in [2.24, 2.45) is 0 Å². The number of nitrogens with one attached hydrogen (secondary N) is 1. The van der Waals surface area contributed by atoms with E-state index in [4.69, 9.17) is 0 Å². The second-order valence-corrected chi connectivity index (χ2v) is 10.3. The number of rotatable bonds is 26. The van der Waals surface area contributed by atoms with Crippen molar-refractivity contribution in [2.45, 2.75) is 148 Å². The Balaban J connectivity index is 3.88. The number of hydrogen-bond acceptors (Lipinski definition) is 4. The first-order chi connectivity index (χ1) is 18.5. The quantitative estimate of drug-likeness (QED) is 0.0686. The summed E-state index contributed by atoms with van der Waals surface area (Å²) in [6.07, 6.45) is 33.8. The SMILES string of the molecule is CC/C=C/CC/C=C/CC/C=C/C(O)C(CO)NC(=O)CC(O)CCCCCCC/C=C\CCCCCC. The average molecular weight is 534 g/mol. The van der Waals surface area contributed by atoms with Crippen LogP contribution in [0.15, 0.2) is 48.6 Å². The van der Waals surface area contributed by atoms with E-state index >= 15 is 0 Å². The molecule has 220 valence electrons. The van der Waals surface area contributed by atoms with Crippen molar-refractivity contribution in [3.8, 4) is 0 Å². The molecule has 0 aromatic carbocycles. The van der Waals surface area contributed by atoms with Crippen LogP contribution in [0.2, 0.25) is 0 Å². The highest BCUT2D eigenvalue weighted by Gasteiger charge is 2.19. The molecule has 0 aliphatic carbocycles. The summed E-state index contributed by atoms with van der Waals surface area (Å²) in [5.74, 6) is -0.342. The molecule has 0 aromatic heterocycles. The summed E-state index contributed by atoms with van der Waals surface area (Å²) in [6.45, 7) is 4.01. The number of carbonyl (C=O) groups is 1. The Morgan fingerprint density at radius 2 is 1.21 bits per heavy atom. The molecule has 0 aromatic rings. The van der Waals surface area contributed by atoms with Crippen LogP contribution in [0.5, 0.6) is 0 Å². The van der Waals surface area contributed by atoms with Gasteiger partial charge in [-0.2, -0.15) is 0 Å². The standard InChI is InChI=1S/C33H59NO4/c1-3-5-7-9-11-13-15-16-17-18-20-22-24-26-30(36)28-33(38)34-31(29-35)32(37)27-25-23-21-19-14-12-10-8-6-4-2/h6,8,13-15,19,25,27,30-32,35-37H,3-5,7,9-12,16-18,20-24,26,28-29H2,1-2H3,(H,34,38)/b8-6+,15-13-,19-14+,27-25+. The third-order valence-electron chi connectivity index (χ3n) is 6.58. The van der Waals surface area contributed by atoms with Gasteiger partial charge in [0, 0.05) is 0 Å². The van der Waals surface area contributed by atoms with Crippen molar-refractivity contribution >= 4 is 5.91 Å². The lowest BCUT2D eigenvalue weighted by Gasteiger charge is -2.20. The van der Waals surface area contributed by atoms with Crippen molar-refractivity contribution in [3.05, 3.63) is 48.6 Å². The summed E-state index contributed by atoms with van der Waals surface area (Å²) < 4.78 is 0. The maximum atomic E-state index is 12.3. The van der Waals surface area contributed by atoms with E-state index in [0.29, 0.717) is 6.42 Å². The zero-order valence-electron chi connectivity index (χ0n) is 24.5. The highest BCUT2D eigenvalue weighted by molar-refractivity contribution is 5.76. The van der Waals surface area contributed by atoms with Gasteiger partial charge in [-0.05, 0) is 64.2 Å². The molecule has 5 nitrogen and oxygen atoms in total. The van der Waals surface area contributed by atoms with Gasteiger partial charge in [0.2, 0.25) is 5.91 Å². The Kier molecular flexibility index (Phi) is 27.1. The minimum atomic E-state index is -0.958. The summed E-state index contributed by atoms with van der Waals surface area (Å²) in [5, 5.41) is 32.7. The smallest absolute Gasteiger partial charge is 0.222 e. The summed E-state index contributed by atoms with van der Waals surface area (Å²) in [6, 6.07) is -0.766. The molecule has 5 heteroatoms. The molecule has 0 aliphatic rings. The second-order valence-electron chi connectivity index (χ2n) is 10.3. The van der Waals surface area contributed by atoms with Crippen LogP contribution in [0.25, 0.3) is 0 Å². The Morgan fingerprint density at radius 3 is 1.82 bits per heavy atom. The molecule has 0 fully saturated rings. The number of hydrogen-bond donors (Lipinski definition) is 4. The lowest BCUT2D eigenvalue weighted by Crippen LogP contribution is -2.45. The molecule has 4 N–H and O–H groups in total. The summed E-state index contributed by atoms with van der Waals surface area (Å²) >= 11 is 0. The molecule has 0 aliphatic heterocycles. The fraction of sp³-hybridized carbons (Fsp3) is 0.727. The summed E-state index contributed by atoms with van der Waals surface area (Å²) in [4.78, 5) is 12.3. The normalized spacial score (nSPS) is 14.8. The first kappa shape index (κ1) is 36.3. The van der Waals surface area contributed by atoms with E-state index in [0.717, 1.165) is 57.8 Å². The van der Waals surface area contributed by atoms with Crippen LogP contribution in [0.3, 0.4) is 0 Å². The first-order valence-corrected chi connectivity index (χ1v) is 15.4. The number of allylic oxidation sites excluding steroid dienone is 7. The van der Waals surface area contributed by atoms with E-state index in [2.05, 4.69) is 55.6 Å². The summed E-state index contributed by atoms with van der Waals surface area (Å²) in [5.41, 5.74) is 0. The Bertz CT molecular complexity index is 641. The van der Waals surface area contributed by atoms with E-state index < -0.39 is 18.2 Å². The second kappa shape index (κ2) is 28.3. The maximum absolute atomic E-state index is 12.3. The van der Waals surface area contributed by atoms with E-state index in [9.17, 15) is 20.1 Å². The molecule has 3 atom stereocenters. The van der Waals surface area contributed by atoms with Gasteiger partial charge in [-0.1, -0.05) is 107 Å². The average Bonchev–Trinajstić information content (AvgIpc) is 2.90. The van der Waals surface area contributed by atoms with Crippen LogP contribution in [0, 0.1) is 0 Å². The zero-order chi connectivity index (χ0) is 28.1. The lowest BCUT2D eigenvalue weighted by atomic mass is 10.0. The van der Waals surface area contributed by atoms with Crippen LogP contribution in [0.4, 0.5) is 0 Å². The fourth-order valence-corrected chi connectivity index (χ4v) is 4.19. The van der Waals surface area contributed by atoms with Crippen LogP contribution < -0.4 is 5.32 Å². The number of unbranched alkanes of at least 4 members (excludes halogenated alkanes) is 11. The van der Waals surface area contributed by atoms with Crippen LogP contribution in [-0.4, -0.2) is 46.1 Å². The molecule has 1 amide bonds. The van der Waals surface area contributed by atoms with Gasteiger partial charge >= 0.3 is 0 Å². The molecule has 38 heavy (non-hydrogen) atoms. The van der Waals surface area contributed by atoms with Gasteiger partial charge in [-0.15, -0.1) is 0 Å². The number of aliphatic hydroxyl groups excluding tert-OH is 3. The fourth-order valence-electron chi connectivity index (χ4n) is 4.19. The van der Waals surface area contributed by atoms with Gasteiger partial charge in [0.25, 0.3) is 0 Å².